The van der Waals surface area contributed by atoms with Crippen molar-refractivity contribution in [3.05, 3.63) is 54.1 Å². The molecule has 7 N–H and O–H groups in total. The maximum absolute atomic E-state index is 12.9. The zero-order valence-corrected chi connectivity index (χ0v) is 18.2. The number of rotatable bonds is 7. The van der Waals surface area contributed by atoms with Crippen molar-refractivity contribution in [2.75, 3.05) is 35.3 Å². The van der Waals surface area contributed by atoms with Crippen molar-refractivity contribution in [1.82, 2.24) is 0 Å². The first-order valence-corrected chi connectivity index (χ1v) is 9.67. The van der Waals surface area contributed by atoms with Crippen molar-refractivity contribution in [3.63, 3.8) is 0 Å². The molecule has 0 aliphatic carbocycles. The summed E-state index contributed by atoms with van der Waals surface area (Å²) in [4.78, 5) is 38.2. The first-order chi connectivity index (χ1) is 15.3. The molecule has 0 saturated carbocycles. The summed E-state index contributed by atoms with van der Waals surface area (Å²) in [6.07, 6.45) is -3.19. The van der Waals surface area contributed by atoms with Gasteiger partial charge in [0.15, 0.2) is 12.2 Å². The van der Waals surface area contributed by atoms with Crippen LogP contribution in [0.4, 0.5) is 17.1 Å². The summed E-state index contributed by atoms with van der Waals surface area (Å²) in [6, 6.07) is 12.5. The Kier molecular flexibility index (Phi) is 8.88. The quantitative estimate of drug-likeness (QED) is 0.241. The first-order valence-electron chi connectivity index (χ1n) is 9.67. The minimum atomic E-state index is -1.77. The smallest absolute Gasteiger partial charge is 0.259 e. The molecule has 1 aliphatic heterocycles. The molecule has 1 unspecified atom stereocenters. The average molecular weight is 478 g/mol. The SMILES string of the molecule is Cl.N=C(N)c1ccc(NC(=O)C(O)[C@H]2OCCN(c3cccc(NC(=O)CO)c3)C2=O)cc1. The second-order valence-electron chi connectivity index (χ2n) is 6.96. The molecule has 12 heteroatoms. The van der Waals surface area contributed by atoms with E-state index in [2.05, 4.69) is 10.6 Å². The van der Waals surface area contributed by atoms with Crippen LogP contribution in [0, 0.1) is 5.41 Å². The van der Waals surface area contributed by atoms with Crippen molar-refractivity contribution in [2.45, 2.75) is 12.2 Å². The maximum Gasteiger partial charge on any atom is 0.259 e. The summed E-state index contributed by atoms with van der Waals surface area (Å²) in [5.41, 5.74) is 7.04. The second kappa shape index (κ2) is 11.4. The van der Waals surface area contributed by atoms with Crippen LogP contribution < -0.4 is 21.3 Å². The van der Waals surface area contributed by atoms with Gasteiger partial charge in [0, 0.05) is 29.2 Å². The maximum atomic E-state index is 12.9. The molecular formula is C21H24ClN5O6. The molecule has 0 aromatic heterocycles. The molecule has 2 atom stereocenters. The molecule has 1 saturated heterocycles. The van der Waals surface area contributed by atoms with E-state index in [1.807, 2.05) is 0 Å². The molecule has 3 amide bonds. The zero-order chi connectivity index (χ0) is 23.3. The van der Waals surface area contributed by atoms with Gasteiger partial charge in [-0.1, -0.05) is 6.07 Å². The number of benzene rings is 2. The molecule has 11 nitrogen and oxygen atoms in total. The third-order valence-electron chi connectivity index (χ3n) is 4.73. The van der Waals surface area contributed by atoms with Gasteiger partial charge in [-0.25, -0.2) is 0 Å². The van der Waals surface area contributed by atoms with Gasteiger partial charge in [0.05, 0.1) is 6.61 Å². The van der Waals surface area contributed by atoms with E-state index >= 15 is 0 Å². The van der Waals surface area contributed by atoms with Crippen LogP contribution >= 0.6 is 12.4 Å². The average Bonchev–Trinajstić information content (AvgIpc) is 2.79. The molecule has 2 aromatic carbocycles. The lowest BCUT2D eigenvalue weighted by molar-refractivity contribution is -0.150. The van der Waals surface area contributed by atoms with E-state index in [0.717, 1.165) is 0 Å². The lowest BCUT2D eigenvalue weighted by atomic mass is 10.1. The fourth-order valence-electron chi connectivity index (χ4n) is 3.13. The Balaban J connectivity index is 0.00000385. The number of amidine groups is 1. The number of hydrogen-bond acceptors (Lipinski definition) is 7. The lowest BCUT2D eigenvalue weighted by Gasteiger charge is -2.34. The number of carbonyl (C=O) groups excluding carboxylic acids is 3. The van der Waals surface area contributed by atoms with Gasteiger partial charge in [-0.3, -0.25) is 19.8 Å². The summed E-state index contributed by atoms with van der Waals surface area (Å²) >= 11 is 0. The highest BCUT2D eigenvalue weighted by molar-refractivity contribution is 6.04. The monoisotopic (exact) mass is 477 g/mol. The van der Waals surface area contributed by atoms with Crippen molar-refractivity contribution in [3.8, 4) is 0 Å². The Morgan fingerprint density at radius 2 is 1.88 bits per heavy atom. The Morgan fingerprint density at radius 3 is 2.52 bits per heavy atom. The molecule has 3 rings (SSSR count). The van der Waals surface area contributed by atoms with Gasteiger partial charge in [-0.05, 0) is 42.5 Å². The van der Waals surface area contributed by atoms with Crippen LogP contribution in [0.3, 0.4) is 0 Å². The number of aliphatic hydroxyl groups is 2. The van der Waals surface area contributed by atoms with Crippen molar-refractivity contribution in [2.24, 2.45) is 5.73 Å². The normalized spacial score (nSPS) is 16.4. The number of anilines is 3. The molecule has 1 fully saturated rings. The number of halogens is 1. The van der Waals surface area contributed by atoms with Gasteiger partial charge in [0.2, 0.25) is 5.91 Å². The van der Waals surface area contributed by atoms with E-state index in [9.17, 15) is 19.5 Å². The molecule has 1 heterocycles. The van der Waals surface area contributed by atoms with Crippen LogP contribution in [0.1, 0.15) is 5.56 Å². The number of carbonyl (C=O) groups is 3. The van der Waals surface area contributed by atoms with E-state index in [-0.39, 0.29) is 31.4 Å². The standard InChI is InChI=1S/C21H23N5O6.ClH/c22-19(23)12-4-6-13(7-5-12)25-20(30)17(29)18-21(31)26(8-9-32-18)15-3-1-2-14(10-15)24-16(28)11-27;/h1-7,10,17-18,27,29H,8-9,11H2,(H3,22,23)(H,24,28)(H,25,30);1H/t17?,18-;/m1./s1. The number of nitrogens with two attached hydrogens (primary N) is 1. The number of nitrogen functional groups attached to an aromatic ring is 1. The summed E-state index contributed by atoms with van der Waals surface area (Å²) in [7, 11) is 0. The van der Waals surface area contributed by atoms with Crippen LogP contribution in [0.25, 0.3) is 0 Å². The van der Waals surface area contributed by atoms with Crippen molar-refractivity contribution < 1.29 is 29.3 Å². The zero-order valence-electron chi connectivity index (χ0n) is 17.4. The van der Waals surface area contributed by atoms with E-state index in [1.165, 1.54) is 35.2 Å². The van der Waals surface area contributed by atoms with Gasteiger partial charge < -0.3 is 36.2 Å². The topological polar surface area (TPSA) is 178 Å². The Morgan fingerprint density at radius 1 is 1.18 bits per heavy atom. The fourth-order valence-corrected chi connectivity index (χ4v) is 3.13. The first kappa shape index (κ1) is 25.7. The number of nitrogens with one attached hydrogen (secondary N) is 3. The number of nitrogens with zero attached hydrogens (tertiary/aromatic N) is 1. The van der Waals surface area contributed by atoms with Gasteiger partial charge >= 0.3 is 0 Å². The van der Waals surface area contributed by atoms with Crippen LogP contribution in [0.2, 0.25) is 0 Å². The lowest BCUT2D eigenvalue weighted by Crippen LogP contribution is -2.55. The van der Waals surface area contributed by atoms with Crippen LogP contribution in [0.15, 0.2) is 48.5 Å². The molecule has 0 bridgehead atoms. The summed E-state index contributed by atoms with van der Waals surface area (Å²) in [6.45, 7) is -0.406. The number of morpholine rings is 1. The van der Waals surface area contributed by atoms with E-state index in [0.29, 0.717) is 22.6 Å². The third kappa shape index (κ3) is 6.26. The summed E-state index contributed by atoms with van der Waals surface area (Å²) < 4.78 is 5.38. The number of amides is 3. The van der Waals surface area contributed by atoms with Gasteiger partial charge in [0.1, 0.15) is 12.4 Å². The van der Waals surface area contributed by atoms with Crippen LogP contribution in [-0.4, -0.2) is 65.7 Å². The molecule has 2 aromatic rings. The molecule has 176 valence electrons. The predicted molar refractivity (Wildman–Crippen MR) is 124 cm³/mol. The summed E-state index contributed by atoms with van der Waals surface area (Å²) in [5, 5.41) is 31.7. The minimum Gasteiger partial charge on any atom is -0.387 e. The van der Waals surface area contributed by atoms with Crippen LogP contribution in [-0.2, 0) is 19.1 Å². The summed E-state index contributed by atoms with van der Waals surface area (Å²) in [5.74, 6) is -2.16. The third-order valence-corrected chi connectivity index (χ3v) is 4.73. The number of ether oxygens (including phenoxy) is 1. The fraction of sp³-hybridized carbons (Fsp3) is 0.238. The number of aliphatic hydroxyl groups excluding tert-OH is 2. The minimum absolute atomic E-state index is 0. The Labute approximate surface area is 195 Å². The van der Waals surface area contributed by atoms with Crippen molar-refractivity contribution in [1.29, 1.82) is 5.41 Å². The molecular weight excluding hydrogens is 454 g/mol. The van der Waals surface area contributed by atoms with Gasteiger partial charge in [0.25, 0.3) is 11.8 Å². The van der Waals surface area contributed by atoms with E-state index in [4.69, 9.17) is 21.0 Å². The molecule has 33 heavy (non-hydrogen) atoms. The highest BCUT2D eigenvalue weighted by Crippen LogP contribution is 2.24. The Bertz CT molecular complexity index is 1030. The van der Waals surface area contributed by atoms with Crippen molar-refractivity contribution >= 4 is 53.0 Å². The molecule has 0 spiro atoms. The largest absolute Gasteiger partial charge is 0.387 e. The Hall–Kier alpha value is -3.51. The second-order valence-corrected chi connectivity index (χ2v) is 6.96. The highest BCUT2D eigenvalue weighted by atomic mass is 35.5. The highest BCUT2D eigenvalue weighted by Gasteiger charge is 2.39. The van der Waals surface area contributed by atoms with E-state index < -0.39 is 36.5 Å². The number of hydrogen-bond donors (Lipinski definition) is 6. The van der Waals surface area contributed by atoms with E-state index in [1.54, 1.807) is 18.2 Å². The molecule has 1 aliphatic rings. The van der Waals surface area contributed by atoms with Crippen LogP contribution in [0.5, 0.6) is 0 Å². The predicted octanol–water partition coefficient (Wildman–Crippen LogP) is 0.0547. The van der Waals surface area contributed by atoms with Gasteiger partial charge in [-0.2, -0.15) is 0 Å². The molecule has 0 radical (unpaired) electrons. The van der Waals surface area contributed by atoms with Gasteiger partial charge in [-0.15, -0.1) is 12.4 Å².